The summed E-state index contributed by atoms with van der Waals surface area (Å²) in [5.41, 5.74) is 0.115. The number of rotatable bonds is 8. The number of hydrogen-bond donors (Lipinski definition) is 3. The lowest BCUT2D eigenvalue weighted by molar-refractivity contribution is -0.174. The smallest absolute Gasteiger partial charge is 0.355 e. The first kappa shape index (κ1) is 29.9. The maximum Gasteiger partial charge on any atom is 0.355 e. The van der Waals surface area contributed by atoms with Crippen LogP contribution in [-0.2, 0) is 33.2 Å². The van der Waals surface area contributed by atoms with E-state index in [9.17, 15) is 19.8 Å². The summed E-state index contributed by atoms with van der Waals surface area (Å²) in [7, 11) is 4.46. The summed E-state index contributed by atoms with van der Waals surface area (Å²) in [6.45, 7) is 3.95. The molecule has 2 aliphatic heterocycles. The molecule has 1 spiro atoms. The molecule has 3 N–H and O–H groups in total. The van der Waals surface area contributed by atoms with Gasteiger partial charge in [0, 0.05) is 57.1 Å². The lowest BCUT2D eigenvalue weighted by Crippen LogP contribution is -2.58. The zero-order valence-corrected chi connectivity index (χ0v) is 24.1. The summed E-state index contributed by atoms with van der Waals surface area (Å²) in [5.74, 6) is -3.10. The Morgan fingerprint density at radius 1 is 1.24 bits per heavy atom. The molecule has 4 bridgehead atoms. The van der Waals surface area contributed by atoms with Crippen molar-refractivity contribution in [1.29, 1.82) is 0 Å². The van der Waals surface area contributed by atoms with E-state index in [2.05, 4.69) is 4.98 Å². The van der Waals surface area contributed by atoms with Crippen LogP contribution in [0.5, 0.6) is 0 Å². The molecule has 4 unspecified atom stereocenters. The van der Waals surface area contributed by atoms with Gasteiger partial charge in [0.2, 0.25) is 0 Å². The Bertz CT molecular complexity index is 1150. The lowest BCUT2D eigenvalue weighted by Gasteiger charge is -2.49. The van der Waals surface area contributed by atoms with Gasteiger partial charge in [-0.2, -0.15) is 0 Å². The van der Waals surface area contributed by atoms with Gasteiger partial charge in [0.15, 0.2) is 6.10 Å². The molecule has 11 nitrogen and oxygen atoms in total. The van der Waals surface area contributed by atoms with Gasteiger partial charge in [-0.15, -0.1) is 0 Å². The SMILES string of the molecule is COCC(O)C1OC(=O)[C@H](OC)C[C@H]2C=CC3C4[C@H](O)[C@@H](COC)[C@@H](OC(=O)c5ccc[nH]5)[C@@H]3O[C@]42/C(C)=C/[C@H]1C. The van der Waals surface area contributed by atoms with Crippen LogP contribution >= 0.6 is 0 Å². The fourth-order valence-corrected chi connectivity index (χ4v) is 7.55. The first-order chi connectivity index (χ1) is 19.7. The van der Waals surface area contributed by atoms with Crippen LogP contribution in [0, 0.1) is 29.6 Å². The third-order valence-electron chi connectivity index (χ3n) is 9.34. The van der Waals surface area contributed by atoms with E-state index in [0.29, 0.717) is 5.69 Å². The van der Waals surface area contributed by atoms with E-state index in [0.717, 1.165) is 5.57 Å². The molecule has 0 amide bonds. The van der Waals surface area contributed by atoms with Gasteiger partial charge in [0.05, 0.1) is 19.3 Å². The molecule has 2 aliphatic carbocycles. The summed E-state index contributed by atoms with van der Waals surface area (Å²) in [5, 5.41) is 22.8. The third kappa shape index (κ3) is 5.06. The minimum absolute atomic E-state index is 0.0160. The van der Waals surface area contributed by atoms with Gasteiger partial charge in [0.25, 0.3) is 0 Å². The molecule has 5 rings (SSSR count). The standard InChI is InChI=1S/C30H41NO10/c1-15-11-16(2)30-17(12-22(38-5)29(35)39-25(15)21(32)14-37-4)8-9-18-23(30)24(33)19(13-36-3)26(27(18)41-30)40-28(34)20-7-6-10-31-20/h6-11,15,17-19,21-27,31-33H,12-14H2,1-5H3/b16-11+/t15-,17-,18?,19-,21?,22-,23?,24-,25?,26-,27-,30+/m1/s1. The molecule has 2 fully saturated rings. The molecule has 1 aromatic rings. The Labute approximate surface area is 239 Å². The van der Waals surface area contributed by atoms with Gasteiger partial charge in [-0.25, -0.2) is 9.59 Å². The minimum atomic E-state index is -1.07. The quantitative estimate of drug-likeness (QED) is 0.309. The Hall–Kier alpha value is -2.54. The molecule has 0 aromatic carbocycles. The van der Waals surface area contributed by atoms with Gasteiger partial charge in [-0.05, 0) is 31.1 Å². The number of methoxy groups -OCH3 is 3. The number of aromatic amines is 1. The van der Waals surface area contributed by atoms with Crippen molar-refractivity contribution in [2.75, 3.05) is 34.5 Å². The minimum Gasteiger partial charge on any atom is -0.457 e. The van der Waals surface area contributed by atoms with Gasteiger partial charge in [-0.1, -0.05) is 25.2 Å². The Morgan fingerprint density at radius 2 is 2.02 bits per heavy atom. The van der Waals surface area contributed by atoms with Gasteiger partial charge >= 0.3 is 11.9 Å². The van der Waals surface area contributed by atoms with Crippen molar-refractivity contribution >= 4 is 11.9 Å². The molecule has 1 aromatic heterocycles. The molecule has 0 radical (unpaired) electrons. The van der Waals surface area contributed by atoms with Crippen molar-refractivity contribution in [3.05, 3.63) is 47.8 Å². The van der Waals surface area contributed by atoms with E-state index in [1.54, 1.807) is 25.4 Å². The maximum atomic E-state index is 13.3. The molecular weight excluding hydrogens is 534 g/mol. The van der Waals surface area contributed by atoms with Crippen LogP contribution in [0.4, 0.5) is 0 Å². The lowest BCUT2D eigenvalue weighted by atomic mass is 9.57. The van der Waals surface area contributed by atoms with Crippen LogP contribution in [0.2, 0.25) is 0 Å². The number of carbonyl (C=O) groups excluding carboxylic acids is 2. The summed E-state index contributed by atoms with van der Waals surface area (Å²) >= 11 is 0. The van der Waals surface area contributed by atoms with Crippen LogP contribution in [0.25, 0.3) is 0 Å². The highest BCUT2D eigenvalue weighted by atomic mass is 16.6. The molecule has 226 valence electrons. The fraction of sp³-hybridized carbons (Fsp3) is 0.667. The molecule has 4 aliphatic rings. The molecule has 1 saturated heterocycles. The Balaban J connectivity index is 1.59. The summed E-state index contributed by atoms with van der Waals surface area (Å²) in [6, 6.07) is 3.34. The third-order valence-corrected chi connectivity index (χ3v) is 9.34. The van der Waals surface area contributed by atoms with Crippen molar-refractivity contribution in [3.63, 3.8) is 0 Å². The highest BCUT2D eigenvalue weighted by molar-refractivity contribution is 5.87. The summed E-state index contributed by atoms with van der Waals surface area (Å²) in [6.07, 6.45) is 2.66. The van der Waals surface area contributed by atoms with Crippen LogP contribution in [0.1, 0.15) is 30.8 Å². The first-order valence-corrected chi connectivity index (χ1v) is 14.1. The van der Waals surface area contributed by atoms with Crippen molar-refractivity contribution in [3.8, 4) is 0 Å². The number of aliphatic hydroxyl groups excluding tert-OH is 2. The Kier molecular flexibility index (Phi) is 8.75. The zero-order chi connectivity index (χ0) is 29.5. The second-order valence-electron chi connectivity index (χ2n) is 11.6. The number of aromatic nitrogens is 1. The molecule has 11 heteroatoms. The second kappa shape index (κ2) is 12.0. The number of cyclic esters (lactones) is 1. The number of hydrogen-bond acceptors (Lipinski definition) is 10. The molecule has 1 saturated carbocycles. The zero-order valence-electron chi connectivity index (χ0n) is 24.1. The summed E-state index contributed by atoms with van der Waals surface area (Å²) < 4.78 is 35.1. The van der Waals surface area contributed by atoms with Gasteiger partial charge in [0.1, 0.15) is 35.7 Å². The molecule has 41 heavy (non-hydrogen) atoms. The highest BCUT2D eigenvalue weighted by Gasteiger charge is 2.69. The van der Waals surface area contributed by atoms with E-state index in [1.165, 1.54) is 14.2 Å². The van der Waals surface area contributed by atoms with E-state index < -0.39 is 71.9 Å². The average Bonchev–Trinajstić information content (AvgIpc) is 3.54. The number of nitrogens with one attached hydrogen (secondary N) is 1. The van der Waals surface area contributed by atoms with Crippen LogP contribution in [0.15, 0.2) is 42.1 Å². The van der Waals surface area contributed by atoms with E-state index in [-0.39, 0.29) is 31.5 Å². The topological polar surface area (TPSA) is 146 Å². The first-order valence-electron chi connectivity index (χ1n) is 14.1. The van der Waals surface area contributed by atoms with E-state index in [4.69, 9.17) is 28.4 Å². The van der Waals surface area contributed by atoms with Crippen molar-refractivity contribution in [1.82, 2.24) is 4.98 Å². The number of H-pyrrole nitrogens is 1. The average molecular weight is 576 g/mol. The normalized spacial score (nSPS) is 42.0. The van der Waals surface area contributed by atoms with Crippen molar-refractivity contribution in [2.24, 2.45) is 29.6 Å². The highest BCUT2D eigenvalue weighted by Crippen LogP contribution is 2.61. The van der Waals surface area contributed by atoms with Crippen LogP contribution < -0.4 is 0 Å². The Morgan fingerprint density at radius 3 is 2.68 bits per heavy atom. The molecule has 3 heterocycles. The molecule has 12 atom stereocenters. The molecular formula is C30H41NO10. The van der Waals surface area contributed by atoms with Gasteiger partial charge in [-0.3, -0.25) is 0 Å². The van der Waals surface area contributed by atoms with Crippen LogP contribution in [-0.4, -0.2) is 104 Å². The number of esters is 2. The van der Waals surface area contributed by atoms with E-state index >= 15 is 0 Å². The fourth-order valence-electron chi connectivity index (χ4n) is 7.55. The largest absolute Gasteiger partial charge is 0.457 e. The maximum absolute atomic E-state index is 13.3. The summed E-state index contributed by atoms with van der Waals surface area (Å²) in [4.78, 5) is 29.2. The van der Waals surface area contributed by atoms with Gasteiger partial charge < -0.3 is 43.6 Å². The number of aliphatic hydroxyl groups is 2. The second-order valence-corrected chi connectivity index (χ2v) is 11.6. The van der Waals surface area contributed by atoms with Crippen molar-refractivity contribution < 1.29 is 48.2 Å². The number of ether oxygens (including phenoxy) is 6. The van der Waals surface area contributed by atoms with Crippen molar-refractivity contribution in [2.45, 2.75) is 62.5 Å². The monoisotopic (exact) mass is 575 g/mol. The number of carbonyl (C=O) groups is 2. The van der Waals surface area contributed by atoms with E-state index in [1.807, 2.05) is 32.1 Å². The predicted molar refractivity (Wildman–Crippen MR) is 145 cm³/mol. The van der Waals surface area contributed by atoms with Crippen LogP contribution in [0.3, 0.4) is 0 Å². The predicted octanol–water partition coefficient (Wildman–Crippen LogP) is 1.65.